The summed E-state index contributed by atoms with van der Waals surface area (Å²) in [4.78, 5) is 22.5. The van der Waals surface area contributed by atoms with Crippen LogP contribution >= 0.6 is 18.8 Å². The monoisotopic (exact) mass is 793 g/mol. The molecule has 0 aromatic carbocycles. The Bertz CT molecular complexity index is 817. The predicted octanol–water partition coefficient (Wildman–Crippen LogP) is 8.03. The van der Waals surface area contributed by atoms with Crippen molar-refractivity contribution in [2.75, 3.05) is 0 Å². The van der Waals surface area contributed by atoms with E-state index < -0.39 is 28.4 Å². The van der Waals surface area contributed by atoms with Crippen molar-refractivity contribution in [2.24, 2.45) is 69.8 Å². The summed E-state index contributed by atoms with van der Waals surface area (Å²) in [6.07, 6.45) is 22.4. The van der Waals surface area contributed by atoms with E-state index in [9.17, 15) is 19.8 Å². The first kappa shape index (κ1) is 32.5. The zero-order valence-corrected chi connectivity index (χ0v) is 28.3. The Hall–Kier alpha value is 0.128. The minimum absolute atomic E-state index is 0. The molecule has 41 heavy (non-hydrogen) atoms. The number of rotatable bonds is 2. The second kappa shape index (κ2) is 12.5. The first-order valence-corrected chi connectivity index (χ1v) is 21.7. The summed E-state index contributed by atoms with van der Waals surface area (Å²) < 4.78 is 0. The van der Waals surface area contributed by atoms with Crippen LogP contribution in [0, 0.1) is 64.1 Å². The molecule has 0 amide bonds. The Morgan fingerprint density at radius 3 is 0.829 bits per heavy atom. The molecule has 12 bridgehead atoms. The third-order valence-corrected chi connectivity index (χ3v) is 13.1. The van der Waals surface area contributed by atoms with Crippen LogP contribution in [0.1, 0.15) is 116 Å². The average Bonchev–Trinajstić information content (AvgIpc) is 2.82. The van der Waals surface area contributed by atoms with Crippen molar-refractivity contribution in [2.45, 2.75) is 121 Å². The molecule has 0 aliphatic heterocycles. The van der Waals surface area contributed by atoms with Crippen molar-refractivity contribution in [1.82, 2.24) is 6.15 Å². The molecule has 12 aliphatic rings. The van der Waals surface area contributed by atoms with Gasteiger partial charge in [-0.05, 0) is 169 Å². The summed E-state index contributed by atoms with van der Waals surface area (Å²) in [6.45, 7) is 0. The van der Waals surface area contributed by atoms with E-state index in [0.29, 0.717) is 5.54 Å². The number of halogens is 2. The van der Waals surface area contributed by atoms with Gasteiger partial charge in [-0.1, -0.05) is 0 Å². The second-order valence-electron chi connectivity index (χ2n) is 16.3. The van der Waals surface area contributed by atoms with Crippen LogP contribution in [-0.4, -0.2) is 27.7 Å². The van der Waals surface area contributed by atoms with Crippen molar-refractivity contribution >= 4 is 30.8 Å². The standard InChI is InChI=1S/2C11H16O2.C10H17N.2ClH.H3N.Pt/c2*12-10(13)11-4-7-1-8(5-11)3-9(2-7)6-11;11-10-4-7-1-8(5-10)3-9(2-7)6-10;;;;/h2*7-9H,1-6H2,(H,12,13);7-9H,1-6,11H2;2*1H;1H3;/q;;;;;;+2/p-2. The summed E-state index contributed by atoms with van der Waals surface area (Å²) >= 11 is -0.472. The zero-order valence-electron chi connectivity index (χ0n) is 24.5. The fourth-order valence-corrected chi connectivity index (χ4v) is 12.9. The van der Waals surface area contributed by atoms with E-state index in [0.717, 1.165) is 91.8 Å². The Kier molecular flexibility index (Phi) is 9.91. The molecule has 0 aromatic rings. The molecule has 9 heteroatoms. The summed E-state index contributed by atoms with van der Waals surface area (Å²) in [7, 11) is 9.75. The normalized spacial score (nSPS) is 50.0. The Labute approximate surface area is 263 Å². The molecule has 6 nitrogen and oxygen atoms in total. The van der Waals surface area contributed by atoms with E-state index in [-0.39, 0.29) is 17.0 Å². The third kappa shape index (κ3) is 6.73. The molecule has 12 rings (SSSR count). The van der Waals surface area contributed by atoms with Gasteiger partial charge in [0.15, 0.2) is 0 Å². The van der Waals surface area contributed by atoms with Crippen LogP contribution in [0.15, 0.2) is 0 Å². The topological polar surface area (TPSA) is 136 Å². The van der Waals surface area contributed by atoms with Gasteiger partial charge in [0.1, 0.15) is 0 Å². The average molecular weight is 795 g/mol. The van der Waals surface area contributed by atoms with Crippen molar-refractivity contribution in [3.63, 3.8) is 0 Å². The van der Waals surface area contributed by atoms with Crippen LogP contribution < -0.4 is 11.9 Å². The van der Waals surface area contributed by atoms with E-state index in [1.54, 1.807) is 0 Å². The molecule has 12 fully saturated rings. The number of carboxylic acids is 2. The number of hydrogen-bond donors (Lipinski definition) is 4. The first-order valence-electron chi connectivity index (χ1n) is 16.1. The molecule has 7 N–H and O–H groups in total. The predicted molar refractivity (Wildman–Crippen MR) is 158 cm³/mol. The van der Waals surface area contributed by atoms with Crippen LogP contribution in [0.4, 0.5) is 0 Å². The Morgan fingerprint density at radius 2 is 0.683 bits per heavy atom. The van der Waals surface area contributed by atoms with Crippen LogP contribution in [0.3, 0.4) is 0 Å². The van der Waals surface area contributed by atoms with Gasteiger partial charge in [0.2, 0.25) is 0 Å². The van der Waals surface area contributed by atoms with E-state index in [1.807, 2.05) is 0 Å². The van der Waals surface area contributed by atoms with E-state index in [2.05, 4.69) is 0 Å². The maximum absolute atomic E-state index is 11.3. The van der Waals surface area contributed by atoms with Gasteiger partial charge in [-0.3, -0.25) is 9.59 Å². The number of aliphatic carboxylic acids is 2. The summed E-state index contributed by atoms with van der Waals surface area (Å²) in [5, 5.41) is 18.6. The number of nitrogens with two attached hydrogens (primary N) is 1. The fraction of sp³-hybridized carbons (Fsp3) is 0.938. The van der Waals surface area contributed by atoms with Crippen LogP contribution in [0.5, 0.6) is 0 Å². The zero-order chi connectivity index (χ0) is 28.3. The van der Waals surface area contributed by atoms with Gasteiger partial charge < -0.3 is 22.1 Å². The molecule has 12 saturated carbocycles. The van der Waals surface area contributed by atoms with Gasteiger partial charge >= 0.3 is 47.3 Å². The third-order valence-electron chi connectivity index (χ3n) is 13.1. The second-order valence-corrected chi connectivity index (χ2v) is 19.6. The molecule has 0 heterocycles. The van der Waals surface area contributed by atoms with Gasteiger partial charge in [0.05, 0.1) is 10.8 Å². The minimum atomic E-state index is -0.508. The van der Waals surface area contributed by atoms with E-state index in [1.165, 1.54) is 77.0 Å². The Morgan fingerprint density at radius 1 is 0.512 bits per heavy atom. The molecule has 12 aliphatic carbocycles. The van der Waals surface area contributed by atoms with E-state index in [4.69, 9.17) is 24.6 Å². The first-order chi connectivity index (χ1) is 19.0. The number of carbonyl (C=O) groups is 2. The van der Waals surface area contributed by atoms with Crippen molar-refractivity contribution in [3.05, 3.63) is 0 Å². The SMILES string of the molecule is N.NC12CC3CC(CC(C3)C1)C2.O=C(O)C12CC3CC(CC(C3)C1)C2.O=C(O)C12CC3CC(CC(C3)C1)C2.[Cl][Pt][Cl]. The molecule has 0 saturated heterocycles. The van der Waals surface area contributed by atoms with E-state index >= 15 is 0 Å². The number of hydrogen-bond acceptors (Lipinski definition) is 4. The van der Waals surface area contributed by atoms with Gasteiger partial charge in [-0.15, -0.1) is 0 Å². The molecular formula is C32H52Cl2N2O4Pt. The molecule has 0 aromatic heterocycles. The summed E-state index contributed by atoms with van der Waals surface area (Å²) in [5.41, 5.74) is 6.06. The van der Waals surface area contributed by atoms with Gasteiger partial charge in [0.25, 0.3) is 0 Å². The van der Waals surface area contributed by atoms with Crippen LogP contribution in [-0.2, 0) is 26.1 Å². The molecular weight excluding hydrogens is 742 g/mol. The fourth-order valence-electron chi connectivity index (χ4n) is 12.9. The summed E-state index contributed by atoms with van der Waals surface area (Å²) in [5.74, 6) is 6.56. The molecule has 0 unspecified atom stereocenters. The number of carboxylic acid groups (broad SMARTS) is 2. The van der Waals surface area contributed by atoms with Gasteiger partial charge in [0, 0.05) is 5.54 Å². The molecule has 0 atom stereocenters. The molecule has 0 spiro atoms. The molecule has 0 radical (unpaired) electrons. The van der Waals surface area contributed by atoms with Gasteiger partial charge in [-0.25, -0.2) is 0 Å². The van der Waals surface area contributed by atoms with Crippen molar-refractivity contribution in [3.8, 4) is 0 Å². The van der Waals surface area contributed by atoms with Crippen LogP contribution in [0.25, 0.3) is 0 Å². The Balaban J connectivity index is 0.000000117. The quantitative estimate of drug-likeness (QED) is 0.224. The maximum atomic E-state index is 11.3. The van der Waals surface area contributed by atoms with Gasteiger partial charge in [-0.2, -0.15) is 0 Å². The summed E-state index contributed by atoms with van der Waals surface area (Å²) in [6, 6.07) is 0. The van der Waals surface area contributed by atoms with Crippen molar-refractivity contribution < 1.29 is 36.3 Å². The van der Waals surface area contributed by atoms with Crippen molar-refractivity contribution in [1.29, 1.82) is 0 Å². The van der Waals surface area contributed by atoms with Crippen LogP contribution in [0.2, 0.25) is 0 Å². The molecule has 238 valence electrons.